The van der Waals surface area contributed by atoms with Gasteiger partial charge in [0.15, 0.2) is 0 Å². The third kappa shape index (κ3) is 2.77. The van der Waals surface area contributed by atoms with E-state index in [4.69, 9.17) is 4.74 Å². The monoisotopic (exact) mass is 393 g/mol. The highest BCUT2D eigenvalue weighted by Gasteiger charge is 2.58. The Morgan fingerprint density at radius 1 is 1.00 bits per heavy atom. The van der Waals surface area contributed by atoms with E-state index in [0.717, 1.165) is 27.2 Å². The van der Waals surface area contributed by atoms with Crippen LogP contribution in [0.25, 0.3) is 11.1 Å². The summed E-state index contributed by atoms with van der Waals surface area (Å²) in [6, 6.07) is 15.6. The second-order valence-corrected chi connectivity index (χ2v) is 7.29. The molecule has 0 radical (unpaired) electrons. The van der Waals surface area contributed by atoms with E-state index in [9.17, 15) is 24.6 Å². The van der Waals surface area contributed by atoms with Gasteiger partial charge in [-0.2, -0.15) is 0 Å². The minimum Gasteiger partial charge on any atom is -0.479 e. The number of hydrogen-bond acceptors (Lipinski definition) is 4. The smallest absolute Gasteiger partial charge is 0.411 e. The molecule has 0 aromatic heterocycles. The number of nitrogens with zero attached hydrogens (tertiary/aromatic N) is 1. The van der Waals surface area contributed by atoms with E-state index in [0.29, 0.717) is 5.57 Å². The zero-order chi connectivity index (χ0) is 20.8. The Kier molecular flexibility index (Phi) is 4.38. The summed E-state index contributed by atoms with van der Waals surface area (Å²) >= 11 is 0. The van der Waals surface area contributed by atoms with Gasteiger partial charge in [0, 0.05) is 18.9 Å². The van der Waals surface area contributed by atoms with Crippen LogP contribution in [-0.2, 0) is 14.3 Å². The molecule has 0 atom stereocenters. The van der Waals surface area contributed by atoms with Crippen molar-refractivity contribution in [3.63, 3.8) is 0 Å². The summed E-state index contributed by atoms with van der Waals surface area (Å²) in [6.07, 6.45) is -1.32. The molecular weight excluding hydrogens is 374 g/mol. The molecule has 2 aliphatic rings. The first kappa shape index (κ1) is 18.7. The molecule has 1 aliphatic heterocycles. The van der Waals surface area contributed by atoms with Crippen molar-refractivity contribution in [1.29, 1.82) is 0 Å². The Balaban J connectivity index is 1.60. The van der Waals surface area contributed by atoms with E-state index in [1.807, 2.05) is 48.5 Å². The average Bonchev–Trinajstić information content (AvgIpc) is 3.22. The molecule has 4 rings (SSSR count). The number of hydrogen-bond donors (Lipinski definition) is 2. The van der Waals surface area contributed by atoms with Crippen LogP contribution in [-0.4, -0.2) is 51.8 Å². The van der Waals surface area contributed by atoms with E-state index in [-0.39, 0.29) is 25.5 Å². The quantitative estimate of drug-likeness (QED) is 0.611. The van der Waals surface area contributed by atoms with E-state index in [1.54, 1.807) is 0 Å². The Hall–Kier alpha value is -3.61. The largest absolute Gasteiger partial charge is 0.479 e. The molecule has 1 heterocycles. The molecule has 0 spiro atoms. The first-order chi connectivity index (χ1) is 13.9. The van der Waals surface area contributed by atoms with Gasteiger partial charge in [-0.1, -0.05) is 60.7 Å². The van der Waals surface area contributed by atoms with E-state index < -0.39 is 23.6 Å². The molecule has 0 saturated carbocycles. The summed E-state index contributed by atoms with van der Waals surface area (Å²) in [7, 11) is 0. The summed E-state index contributed by atoms with van der Waals surface area (Å²) < 4.78 is 5.45. The Labute approximate surface area is 166 Å². The molecule has 0 unspecified atom stereocenters. The Morgan fingerprint density at radius 2 is 1.52 bits per heavy atom. The van der Waals surface area contributed by atoms with Gasteiger partial charge < -0.3 is 14.9 Å². The molecule has 7 nitrogen and oxygen atoms in total. The predicted octanol–water partition coefficient (Wildman–Crippen LogP) is 3.11. The summed E-state index contributed by atoms with van der Waals surface area (Å²) in [5.41, 5.74) is 2.10. The van der Waals surface area contributed by atoms with Gasteiger partial charge >= 0.3 is 18.0 Å². The van der Waals surface area contributed by atoms with Crippen LogP contribution >= 0.6 is 0 Å². The maximum absolute atomic E-state index is 12.7. The first-order valence-corrected chi connectivity index (χ1v) is 9.12. The van der Waals surface area contributed by atoms with Gasteiger partial charge in [-0.3, -0.25) is 4.90 Å². The van der Waals surface area contributed by atoms with Crippen LogP contribution in [0.4, 0.5) is 4.79 Å². The highest BCUT2D eigenvalue weighted by Crippen LogP contribution is 2.44. The maximum Gasteiger partial charge on any atom is 0.411 e. The fourth-order valence-corrected chi connectivity index (χ4v) is 4.24. The van der Waals surface area contributed by atoms with E-state index in [1.165, 1.54) is 0 Å². The van der Waals surface area contributed by atoms with Gasteiger partial charge in [0.25, 0.3) is 0 Å². The second kappa shape index (κ2) is 6.77. The van der Waals surface area contributed by atoms with Crippen molar-refractivity contribution in [3.05, 3.63) is 71.8 Å². The Morgan fingerprint density at radius 3 is 2.03 bits per heavy atom. The second-order valence-electron chi connectivity index (χ2n) is 7.29. The van der Waals surface area contributed by atoms with Gasteiger partial charge in [0.05, 0.1) is 0 Å². The number of fused-ring (bicyclic) bond motifs is 3. The van der Waals surface area contributed by atoms with Crippen molar-refractivity contribution in [3.8, 4) is 11.1 Å². The normalized spacial score (nSPS) is 17.0. The van der Waals surface area contributed by atoms with Crippen LogP contribution in [0.5, 0.6) is 0 Å². The third-order valence-corrected chi connectivity index (χ3v) is 5.61. The number of aliphatic carboxylic acids is 2. The van der Waals surface area contributed by atoms with E-state index >= 15 is 0 Å². The van der Waals surface area contributed by atoms with Crippen LogP contribution in [0.3, 0.4) is 0 Å². The van der Waals surface area contributed by atoms with Gasteiger partial charge in [0.1, 0.15) is 6.61 Å². The molecule has 29 heavy (non-hydrogen) atoms. The van der Waals surface area contributed by atoms with Gasteiger partial charge in [-0.15, -0.1) is 0 Å². The van der Waals surface area contributed by atoms with Crippen LogP contribution in [0.2, 0.25) is 0 Å². The van der Waals surface area contributed by atoms with Crippen LogP contribution in [0.1, 0.15) is 23.5 Å². The van der Waals surface area contributed by atoms with Gasteiger partial charge in [-0.05, 0) is 22.3 Å². The van der Waals surface area contributed by atoms with Crippen molar-refractivity contribution in [1.82, 2.24) is 4.90 Å². The fraction of sp³-hybridized carbons (Fsp3) is 0.227. The lowest BCUT2D eigenvalue weighted by Gasteiger charge is -2.29. The molecule has 148 valence electrons. The SMILES string of the molecule is C=C1CN(C(=O)OCC2c3ccccc3-c3ccccc32)C(C(=O)O)(C(=O)O)C1. The molecular formula is C22H19NO6. The molecule has 0 bridgehead atoms. The molecule has 2 aromatic rings. The molecule has 7 heteroatoms. The minimum absolute atomic E-state index is 0.0227. The number of benzene rings is 2. The first-order valence-electron chi connectivity index (χ1n) is 9.12. The van der Waals surface area contributed by atoms with Gasteiger partial charge in [0.2, 0.25) is 5.54 Å². The number of ether oxygens (including phenoxy) is 1. The van der Waals surface area contributed by atoms with Crippen LogP contribution in [0, 0.1) is 0 Å². The number of carboxylic acids is 2. The molecule has 1 amide bonds. The number of amides is 1. The lowest BCUT2D eigenvalue weighted by Crippen LogP contribution is -2.58. The number of likely N-dealkylation sites (tertiary alicyclic amines) is 1. The minimum atomic E-state index is -2.39. The van der Waals surface area contributed by atoms with Gasteiger partial charge in [-0.25, -0.2) is 14.4 Å². The van der Waals surface area contributed by atoms with Crippen molar-refractivity contribution in [2.45, 2.75) is 17.9 Å². The third-order valence-electron chi connectivity index (χ3n) is 5.61. The molecule has 1 aliphatic carbocycles. The summed E-state index contributed by atoms with van der Waals surface area (Å²) in [5.74, 6) is -3.43. The maximum atomic E-state index is 12.7. The highest BCUT2D eigenvalue weighted by atomic mass is 16.6. The number of carbonyl (C=O) groups excluding carboxylic acids is 1. The predicted molar refractivity (Wildman–Crippen MR) is 104 cm³/mol. The van der Waals surface area contributed by atoms with Crippen molar-refractivity contribution in [2.75, 3.05) is 13.2 Å². The number of carbonyl (C=O) groups is 3. The molecule has 1 fully saturated rings. The molecule has 2 N–H and O–H groups in total. The fourth-order valence-electron chi connectivity index (χ4n) is 4.24. The number of rotatable bonds is 4. The standard InChI is InChI=1S/C22H19NO6/c1-13-10-22(19(24)25,20(26)27)23(11-13)21(28)29-12-18-16-8-4-2-6-14(16)15-7-3-5-9-17(15)18/h2-9,18H,1,10-12H2,(H,24,25)(H,26,27). The average molecular weight is 393 g/mol. The van der Waals surface area contributed by atoms with Crippen LogP contribution < -0.4 is 0 Å². The number of carboxylic acid groups (broad SMARTS) is 2. The summed E-state index contributed by atoms with van der Waals surface area (Å²) in [6.45, 7) is 3.47. The summed E-state index contributed by atoms with van der Waals surface area (Å²) in [5, 5.41) is 19.1. The topological polar surface area (TPSA) is 104 Å². The molecule has 1 saturated heterocycles. The zero-order valence-corrected chi connectivity index (χ0v) is 15.5. The van der Waals surface area contributed by atoms with Crippen molar-refractivity contribution < 1.29 is 29.3 Å². The molecule has 2 aromatic carbocycles. The van der Waals surface area contributed by atoms with Crippen molar-refractivity contribution >= 4 is 18.0 Å². The highest BCUT2D eigenvalue weighted by molar-refractivity contribution is 6.06. The lowest BCUT2D eigenvalue weighted by molar-refractivity contribution is -0.164. The summed E-state index contributed by atoms with van der Waals surface area (Å²) in [4.78, 5) is 37.0. The van der Waals surface area contributed by atoms with Crippen LogP contribution in [0.15, 0.2) is 60.7 Å². The lowest BCUT2D eigenvalue weighted by atomic mass is 9.95. The van der Waals surface area contributed by atoms with Crippen molar-refractivity contribution in [2.24, 2.45) is 0 Å². The zero-order valence-electron chi connectivity index (χ0n) is 15.5. The van der Waals surface area contributed by atoms with E-state index in [2.05, 4.69) is 6.58 Å². The Bertz CT molecular complexity index is 984.